The van der Waals surface area contributed by atoms with Gasteiger partial charge in [0.1, 0.15) is 5.82 Å². The van der Waals surface area contributed by atoms with Crippen LogP contribution in [0.5, 0.6) is 0 Å². The van der Waals surface area contributed by atoms with E-state index in [9.17, 15) is 4.79 Å². The minimum Gasteiger partial charge on any atom is -0.325 e. The van der Waals surface area contributed by atoms with Crippen LogP contribution in [-0.4, -0.2) is 26.4 Å². The summed E-state index contributed by atoms with van der Waals surface area (Å²) >= 11 is 7.30. The van der Waals surface area contributed by atoms with Crippen molar-refractivity contribution in [3.05, 3.63) is 35.1 Å². The zero-order valence-corrected chi connectivity index (χ0v) is 17.4. The summed E-state index contributed by atoms with van der Waals surface area (Å²) < 4.78 is 2.14. The third kappa shape index (κ3) is 5.98. The number of nitrogens with one attached hydrogen (secondary N) is 1. The molecule has 1 saturated carbocycles. The molecule has 146 valence electrons. The molecule has 1 aliphatic rings. The van der Waals surface area contributed by atoms with Gasteiger partial charge in [-0.15, -0.1) is 10.2 Å². The SMILES string of the molecule is CCn1c(CCC2CCCCC2)nnc1SCC(=O)Nc1ccc(Cl)cc1. The lowest BCUT2D eigenvalue weighted by molar-refractivity contribution is -0.113. The Labute approximate surface area is 170 Å². The van der Waals surface area contributed by atoms with Crippen LogP contribution in [0, 0.1) is 5.92 Å². The molecule has 0 spiro atoms. The van der Waals surface area contributed by atoms with Gasteiger partial charge in [0.25, 0.3) is 0 Å². The second kappa shape index (κ2) is 10.1. The number of nitrogens with zero attached hydrogens (tertiary/aromatic N) is 3. The second-order valence-corrected chi connectivity index (χ2v) is 8.41. The molecule has 1 amide bonds. The van der Waals surface area contributed by atoms with Crippen molar-refractivity contribution in [2.24, 2.45) is 5.92 Å². The Bertz CT molecular complexity index is 741. The van der Waals surface area contributed by atoms with Gasteiger partial charge in [0.05, 0.1) is 5.75 Å². The largest absolute Gasteiger partial charge is 0.325 e. The number of hydrogen-bond acceptors (Lipinski definition) is 4. The van der Waals surface area contributed by atoms with Crippen LogP contribution in [0.1, 0.15) is 51.3 Å². The molecule has 2 aromatic rings. The molecular formula is C20H27ClN4OS. The fourth-order valence-corrected chi connectivity index (χ4v) is 4.55. The van der Waals surface area contributed by atoms with Crippen LogP contribution >= 0.6 is 23.4 Å². The molecule has 27 heavy (non-hydrogen) atoms. The van der Waals surface area contributed by atoms with Gasteiger partial charge in [-0.25, -0.2) is 0 Å². The fraction of sp³-hybridized carbons (Fsp3) is 0.550. The van der Waals surface area contributed by atoms with E-state index in [1.165, 1.54) is 50.3 Å². The summed E-state index contributed by atoms with van der Waals surface area (Å²) in [7, 11) is 0. The number of amides is 1. The van der Waals surface area contributed by atoms with Crippen LogP contribution < -0.4 is 5.32 Å². The van der Waals surface area contributed by atoms with E-state index in [4.69, 9.17) is 11.6 Å². The number of hydrogen-bond donors (Lipinski definition) is 1. The summed E-state index contributed by atoms with van der Waals surface area (Å²) in [4.78, 5) is 12.2. The van der Waals surface area contributed by atoms with Crippen molar-refractivity contribution in [1.29, 1.82) is 0 Å². The van der Waals surface area contributed by atoms with Crippen molar-refractivity contribution in [1.82, 2.24) is 14.8 Å². The van der Waals surface area contributed by atoms with Gasteiger partial charge >= 0.3 is 0 Å². The molecular weight excluding hydrogens is 380 g/mol. The van der Waals surface area contributed by atoms with E-state index in [1.807, 2.05) is 0 Å². The summed E-state index contributed by atoms with van der Waals surface area (Å²) in [5, 5.41) is 13.1. The molecule has 7 heteroatoms. The molecule has 3 rings (SSSR count). The van der Waals surface area contributed by atoms with Crippen LogP contribution in [0.25, 0.3) is 0 Å². The minimum atomic E-state index is -0.0586. The number of thioether (sulfide) groups is 1. The molecule has 0 saturated heterocycles. The first-order valence-corrected chi connectivity index (χ1v) is 11.1. The Hall–Kier alpha value is -1.53. The van der Waals surface area contributed by atoms with E-state index in [-0.39, 0.29) is 5.91 Å². The average molecular weight is 407 g/mol. The van der Waals surface area contributed by atoms with Gasteiger partial charge in [-0.1, -0.05) is 55.5 Å². The summed E-state index contributed by atoms with van der Waals surface area (Å²) in [6.07, 6.45) is 9.01. The average Bonchev–Trinajstić information content (AvgIpc) is 3.09. The molecule has 0 unspecified atom stereocenters. The van der Waals surface area contributed by atoms with Crippen LogP contribution in [0.3, 0.4) is 0 Å². The molecule has 1 fully saturated rings. The second-order valence-electron chi connectivity index (χ2n) is 7.03. The van der Waals surface area contributed by atoms with Gasteiger partial charge in [0.15, 0.2) is 5.16 Å². The predicted octanol–water partition coefficient (Wildman–Crippen LogP) is 5.20. The molecule has 1 aromatic heterocycles. The number of carbonyl (C=O) groups is 1. The molecule has 0 atom stereocenters. The molecule has 1 N–H and O–H groups in total. The quantitative estimate of drug-likeness (QED) is 0.612. The Morgan fingerprint density at radius 2 is 1.96 bits per heavy atom. The lowest BCUT2D eigenvalue weighted by Gasteiger charge is -2.21. The zero-order valence-electron chi connectivity index (χ0n) is 15.8. The first-order chi connectivity index (χ1) is 13.2. The maximum absolute atomic E-state index is 12.2. The monoisotopic (exact) mass is 406 g/mol. The highest BCUT2D eigenvalue weighted by Crippen LogP contribution is 2.28. The van der Waals surface area contributed by atoms with Crippen molar-refractivity contribution in [2.75, 3.05) is 11.1 Å². The van der Waals surface area contributed by atoms with Crippen molar-refractivity contribution in [3.63, 3.8) is 0 Å². The van der Waals surface area contributed by atoms with E-state index in [0.29, 0.717) is 10.8 Å². The van der Waals surface area contributed by atoms with Crippen molar-refractivity contribution in [3.8, 4) is 0 Å². The molecule has 0 aliphatic heterocycles. The van der Waals surface area contributed by atoms with Gasteiger partial charge in [0.2, 0.25) is 5.91 Å². The maximum atomic E-state index is 12.2. The summed E-state index contributed by atoms with van der Waals surface area (Å²) in [5.74, 6) is 2.13. The van der Waals surface area contributed by atoms with Crippen molar-refractivity contribution >= 4 is 35.0 Å². The minimum absolute atomic E-state index is 0.0586. The smallest absolute Gasteiger partial charge is 0.234 e. The van der Waals surface area contributed by atoms with Crippen LogP contribution in [0.2, 0.25) is 5.02 Å². The van der Waals surface area contributed by atoms with E-state index >= 15 is 0 Å². The number of anilines is 1. The first-order valence-electron chi connectivity index (χ1n) is 9.76. The highest BCUT2D eigenvalue weighted by Gasteiger charge is 2.17. The summed E-state index contributed by atoms with van der Waals surface area (Å²) in [6, 6.07) is 7.11. The lowest BCUT2D eigenvalue weighted by atomic mass is 9.86. The molecule has 0 bridgehead atoms. The molecule has 1 aliphatic carbocycles. The van der Waals surface area contributed by atoms with Gasteiger partial charge < -0.3 is 9.88 Å². The number of halogens is 1. The van der Waals surface area contributed by atoms with Gasteiger partial charge in [0, 0.05) is 23.7 Å². The van der Waals surface area contributed by atoms with E-state index < -0.39 is 0 Å². The molecule has 1 heterocycles. The highest BCUT2D eigenvalue weighted by molar-refractivity contribution is 7.99. The zero-order chi connectivity index (χ0) is 19.1. The fourth-order valence-electron chi connectivity index (χ4n) is 3.60. The highest BCUT2D eigenvalue weighted by atomic mass is 35.5. The normalized spacial score (nSPS) is 15.0. The van der Waals surface area contributed by atoms with E-state index in [2.05, 4.69) is 27.0 Å². The third-order valence-electron chi connectivity index (χ3n) is 5.07. The topological polar surface area (TPSA) is 59.8 Å². The van der Waals surface area contributed by atoms with Crippen molar-refractivity contribution in [2.45, 2.75) is 63.6 Å². The number of rotatable bonds is 8. The van der Waals surface area contributed by atoms with Gasteiger partial charge in [-0.05, 0) is 43.5 Å². The van der Waals surface area contributed by atoms with Crippen LogP contribution in [0.15, 0.2) is 29.4 Å². The Kier molecular flexibility index (Phi) is 7.59. The van der Waals surface area contributed by atoms with Crippen molar-refractivity contribution < 1.29 is 4.79 Å². The van der Waals surface area contributed by atoms with E-state index in [1.54, 1.807) is 24.3 Å². The molecule has 1 aromatic carbocycles. The van der Waals surface area contributed by atoms with Gasteiger partial charge in [-0.3, -0.25) is 4.79 Å². The third-order valence-corrected chi connectivity index (χ3v) is 6.29. The molecule has 5 nitrogen and oxygen atoms in total. The van der Waals surface area contributed by atoms with Crippen LogP contribution in [-0.2, 0) is 17.8 Å². The molecule has 0 radical (unpaired) electrons. The Balaban J connectivity index is 1.51. The standard InChI is InChI=1S/C20H27ClN4OS/c1-2-25-18(13-8-15-6-4-3-5-7-15)23-24-20(25)27-14-19(26)22-17-11-9-16(21)10-12-17/h9-12,15H,2-8,13-14H2,1H3,(H,22,26). The number of aryl methyl sites for hydroxylation is 1. The summed E-state index contributed by atoms with van der Waals surface area (Å²) in [5.41, 5.74) is 0.745. The Morgan fingerprint density at radius 3 is 2.67 bits per heavy atom. The van der Waals surface area contributed by atoms with Gasteiger partial charge in [-0.2, -0.15) is 0 Å². The lowest BCUT2D eigenvalue weighted by Crippen LogP contribution is -2.15. The number of aromatic nitrogens is 3. The maximum Gasteiger partial charge on any atom is 0.234 e. The Morgan fingerprint density at radius 1 is 1.22 bits per heavy atom. The summed E-state index contributed by atoms with van der Waals surface area (Å²) in [6.45, 7) is 2.93. The number of benzene rings is 1. The van der Waals surface area contributed by atoms with E-state index in [0.717, 1.165) is 35.6 Å². The first kappa shape index (κ1) is 20.2. The predicted molar refractivity (Wildman–Crippen MR) is 111 cm³/mol. The number of carbonyl (C=O) groups excluding carboxylic acids is 1. The van der Waals surface area contributed by atoms with Crippen LogP contribution in [0.4, 0.5) is 5.69 Å².